The Labute approximate surface area is 134 Å². The summed E-state index contributed by atoms with van der Waals surface area (Å²) >= 11 is 0. The van der Waals surface area contributed by atoms with Gasteiger partial charge in [0.1, 0.15) is 0 Å². The highest BCUT2D eigenvalue weighted by atomic mass is 16.1. The van der Waals surface area contributed by atoms with E-state index in [1.54, 1.807) is 0 Å². The Morgan fingerprint density at radius 3 is 2.30 bits per heavy atom. The fraction of sp³-hybridized carbons (Fsp3) is 0.222. The van der Waals surface area contributed by atoms with Gasteiger partial charge in [0, 0.05) is 31.6 Å². The van der Waals surface area contributed by atoms with Crippen molar-refractivity contribution < 1.29 is 4.79 Å². The minimum atomic E-state index is 0.746. The predicted molar refractivity (Wildman–Crippen MR) is 90.9 cm³/mol. The van der Waals surface area contributed by atoms with Gasteiger partial charge in [-0.05, 0) is 24.3 Å². The molecule has 4 rings (SSSR count). The Bertz CT molecular complexity index is 819. The Kier molecular flexibility index (Phi) is 3.46. The lowest BCUT2D eigenvalue weighted by atomic mass is 10.2. The lowest BCUT2D eigenvalue weighted by Crippen LogP contribution is -2.45. The first-order valence-corrected chi connectivity index (χ1v) is 7.84. The van der Waals surface area contributed by atoms with Crippen LogP contribution in [0.25, 0.3) is 16.6 Å². The summed E-state index contributed by atoms with van der Waals surface area (Å²) in [6.07, 6.45) is 0.929. The third-order valence-electron chi connectivity index (χ3n) is 4.33. The van der Waals surface area contributed by atoms with E-state index in [1.165, 1.54) is 0 Å². The van der Waals surface area contributed by atoms with Crippen LogP contribution in [0.3, 0.4) is 0 Å². The maximum atomic E-state index is 10.9. The number of hydrogen-bond acceptors (Lipinski definition) is 3. The molecule has 2 aromatic carbocycles. The van der Waals surface area contributed by atoms with Crippen LogP contribution < -0.4 is 4.90 Å². The number of aromatic nitrogens is 2. The Morgan fingerprint density at radius 2 is 1.57 bits per heavy atom. The molecule has 0 radical (unpaired) electrons. The molecule has 5 heteroatoms. The normalized spacial score (nSPS) is 15.1. The van der Waals surface area contributed by atoms with Crippen molar-refractivity contribution in [3.05, 3.63) is 54.6 Å². The second-order valence-corrected chi connectivity index (χ2v) is 5.72. The first-order valence-electron chi connectivity index (χ1n) is 7.84. The summed E-state index contributed by atoms with van der Waals surface area (Å²) in [7, 11) is 0. The lowest BCUT2D eigenvalue weighted by Gasteiger charge is -2.32. The smallest absolute Gasteiger partial charge is 0.209 e. The number of rotatable bonds is 3. The van der Waals surface area contributed by atoms with E-state index >= 15 is 0 Å². The first kappa shape index (κ1) is 13.8. The van der Waals surface area contributed by atoms with Crippen LogP contribution >= 0.6 is 0 Å². The summed E-state index contributed by atoms with van der Waals surface area (Å²) in [4.78, 5) is 15.0. The SMILES string of the molecule is O=CN1CCN(c2nn(-c3ccccc3)c3ccccc23)CC1. The fourth-order valence-electron chi connectivity index (χ4n) is 3.09. The summed E-state index contributed by atoms with van der Waals surface area (Å²) < 4.78 is 2.00. The second-order valence-electron chi connectivity index (χ2n) is 5.72. The third kappa shape index (κ3) is 2.44. The van der Waals surface area contributed by atoms with Crippen molar-refractivity contribution >= 4 is 23.1 Å². The molecule has 0 saturated carbocycles. The summed E-state index contributed by atoms with van der Waals surface area (Å²) in [6.45, 7) is 3.12. The van der Waals surface area contributed by atoms with Crippen molar-refractivity contribution in [1.82, 2.24) is 14.7 Å². The Balaban J connectivity index is 1.78. The van der Waals surface area contributed by atoms with Gasteiger partial charge in [0.05, 0.1) is 11.2 Å². The van der Waals surface area contributed by atoms with Crippen molar-refractivity contribution in [2.45, 2.75) is 0 Å². The van der Waals surface area contributed by atoms with Crippen LogP contribution in [0.4, 0.5) is 5.82 Å². The molecule has 1 saturated heterocycles. The van der Waals surface area contributed by atoms with E-state index in [0.717, 1.165) is 55.0 Å². The van der Waals surface area contributed by atoms with Crippen LogP contribution in [-0.4, -0.2) is 47.3 Å². The van der Waals surface area contributed by atoms with Gasteiger partial charge in [0.15, 0.2) is 5.82 Å². The molecule has 2 heterocycles. The van der Waals surface area contributed by atoms with E-state index in [1.807, 2.05) is 39.9 Å². The molecule has 5 nitrogen and oxygen atoms in total. The molecule has 1 amide bonds. The highest BCUT2D eigenvalue weighted by Crippen LogP contribution is 2.28. The summed E-state index contributed by atoms with van der Waals surface area (Å²) in [6, 6.07) is 18.5. The fourth-order valence-corrected chi connectivity index (χ4v) is 3.09. The molecular formula is C18H18N4O. The minimum Gasteiger partial charge on any atom is -0.351 e. The molecular weight excluding hydrogens is 288 g/mol. The Hall–Kier alpha value is -2.82. The van der Waals surface area contributed by atoms with Gasteiger partial charge < -0.3 is 9.80 Å². The molecule has 1 aromatic heterocycles. The summed E-state index contributed by atoms with van der Waals surface area (Å²) in [5.41, 5.74) is 2.16. The number of anilines is 1. The van der Waals surface area contributed by atoms with Gasteiger partial charge in [-0.25, -0.2) is 4.68 Å². The van der Waals surface area contributed by atoms with E-state index in [2.05, 4.69) is 29.2 Å². The number of hydrogen-bond donors (Lipinski definition) is 0. The average Bonchev–Trinajstić information content (AvgIpc) is 3.02. The summed E-state index contributed by atoms with van der Waals surface area (Å²) in [5.74, 6) is 0.995. The van der Waals surface area contributed by atoms with Gasteiger partial charge in [0.2, 0.25) is 6.41 Å². The van der Waals surface area contributed by atoms with E-state index in [9.17, 15) is 4.79 Å². The number of piperazine rings is 1. The Morgan fingerprint density at radius 1 is 0.870 bits per heavy atom. The number of benzene rings is 2. The lowest BCUT2D eigenvalue weighted by molar-refractivity contribution is -0.118. The second kappa shape index (κ2) is 5.76. The van der Waals surface area contributed by atoms with Gasteiger partial charge in [-0.1, -0.05) is 30.3 Å². The number of fused-ring (bicyclic) bond motifs is 1. The highest BCUT2D eigenvalue weighted by Gasteiger charge is 2.21. The zero-order valence-corrected chi connectivity index (χ0v) is 12.8. The molecule has 0 unspecified atom stereocenters. The molecule has 116 valence electrons. The monoisotopic (exact) mass is 306 g/mol. The largest absolute Gasteiger partial charge is 0.351 e. The van der Waals surface area contributed by atoms with Crippen LogP contribution in [0.2, 0.25) is 0 Å². The third-order valence-corrected chi connectivity index (χ3v) is 4.33. The van der Waals surface area contributed by atoms with Gasteiger partial charge in [0.25, 0.3) is 0 Å². The molecule has 0 aliphatic carbocycles. The number of nitrogens with zero attached hydrogens (tertiary/aromatic N) is 4. The standard InChI is InChI=1S/C18H18N4O/c23-14-20-10-12-21(13-11-20)18-16-8-4-5-9-17(16)22(19-18)15-6-2-1-3-7-15/h1-9,14H,10-13H2. The highest BCUT2D eigenvalue weighted by molar-refractivity contribution is 5.91. The zero-order valence-electron chi connectivity index (χ0n) is 12.8. The topological polar surface area (TPSA) is 41.4 Å². The van der Waals surface area contributed by atoms with Crippen LogP contribution in [0, 0.1) is 0 Å². The molecule has 3 aromatic rings. The van der Waals surface area contributed by atoms with Crippen LogP contribution in [0.5, 0.6) is 0 Å². The zero-order chi connectivity index (χ0) is 15.6. The van der Waals surface area contributed by atoms with Crippen molar-refractivity contribution in [1.29, 1.82) is 0 Å². The number of carbonyl (C=O) groups is 1. The predicted octanol–water partition coefficient (Wildman–Crippen LogP) is 2.30. The van der Waals surface area contributed by atoms with Gasteiger partial charge >= 0.3 is 0 Å². The van der Waals surface area contributed by atoms with Gasteiger partial charge in [-0.3, -0.25) is 4.79 Å². The van der Waals surface area contributed by atoms with E-state index in [4.69, 9.17) is 5.10 Å². The van der Waals surface area contributed by atoms with E-state index < -0.39 is 0 Å². The molecule has 1 aliphatic rings. The molecule has 1 aliphatic heterocycles. The molecule has 23 heavy (non-hydrogen) atoms. The average molecular weight is 306 g/mol. The van der Waals surface area contributed by atoms with E-state index in [-0.39, 0.29) is 0 Å². The quantitative estimate of drug-likeness (QED) is 0.697. The number of carbonyl (C=O) groups excluding carboxylic acids is 1. The summed E-state index contributed by atoms with van der Waals surface area (Å²) in [5, 5.41) is 6.02. The molecule has 0 N–H and O–H groups in total. The van der Waals surface area contributed by atoms with Crippen molar-refractivity contribution in [3.8, 4) is 5.69 Å². The van der Waals surface area contributed by atoms with Crippen LogP contribution in [0.15, 0.2) is 54.6 Å². The van der Waals surface area contributed by atoms with Gasteiger partial charge in [-0.2, -0.15) is 0 Å². The van der Waals surface area contributed by atoms with Crippen LogP contribution in [-0.2, 0) is 4.79 Å². The number of para-hydroxylation sites is 2. The van der Waals surface area contributed by atoms with Gasteiger partial charge in [-0.15, -0.1) is 5.10 Å². The van der Waals surface area contributed by atoms with Crippen molar-refractivity contribution in [2.24, 2.45) is 0 Å². The maximum absolute atomic E-state index is 10.9. The molecule has 1 fully saturated rings. The maximum Gasteiger partial charge on any atom is 0.209 e. The van der Waals surface area contributed by atoms with E-state index in [0.29, 0.717) is 0 Å². The minimum absolute atomic E-state index is 0.746. The molecule has 0 atom stereocenters. The molecule has 0 spiro atoms. The molecule has 0 bridgehead atoms. The van der Waals surface area contributed by atoms with Crippen molar-refractivity contribution in [2.75, 3.05) is 31.1 Å². The van der Waals surface area contributed by atoms with Crippen molar-refractivity contribution in [3.63, 3.8) is 0 Å². The number of amides is 1. The van der Waals surface area contributed by atoms with Crippen LogP contribution in [0.1, 0.15) is 0 Å². The first-order chi connectivity index (χ1) is 11.4.